The molecule has 0 radical (unpaired) electrons. The molecule has 1 aliphatic rings. The molecule has 0 atom stereocenters. The lowest BCUT2D eigenvalue weighted by atomic mass is 10.1. The number of nitrogens with one attached hydrogen (secondary N) is 1. The third-order valence-corrected chi connectivity index (χ3v) is 5.17. The Morgan fingerprint density at radius 3 is 2.28 bits per heavy atom. The molecule has 1 aromatic heterocycles. The van der Waals surface area contributed by atoms with E-state index in [9.17, 15) is 4.79 Å². The Labute approximate surface area is 187 Å². The largest absolute Gasteiger partial charge is 0.373 e. The number of nitrogens with zero attached hydrogens (tertiary/aromatic N) is 3. The molecule has 2 heterocycles. The molecule has 0 spiro atoms. The number of hydrogen-bond donors (Lipinski definition) is 2. The van der Waals surface area contributed by atoms with Crippen LogP contribution in [0.15, 0.2) is 54.6 Å². The number of aryl methyl sites for hydroxylation is 1. The molecule has 1 aliphatic heterocycles. The molecule has 1 amide bonds. The summed E-state index contributed by atoms with van der Waals surface area (Å²) >= 11 is 0. The van der Waals surface area contributed by atoms with Crippen LogP contribution in [0, 0.1) is 6.92 Å². The van der Waals surface area contributed by atoms with E-state index >= 15 is 0 Å². The van der Waals surface area contributed by atoms with Crippen LogP contribution >= 0.6 is 0 Å². The Hall–Kier alpha value is -3.74. The number of rotatable bonds is 4. The second-order valence-corrected chi connectivity index (χ2v) is 8.27. The summed E-state index contributed by atoms with van der Waals surface area (Å²) in [6.45, 7) is 7.30. The summed E-state index contributed by atoms with van der Waals surface area (Å²) < 4.78 is 2.18. The Balaban J connectivity index is 0.000000913. The normalized spacial score (nSPS) is 12.8. The van der Waals surface area contributed by atoms with Crippen molar-refractivity contribution in [3.8, 4) is 11.3 Å². The number of benzene rings is 2. The maximum Gasteiger partial charge on any atom is 0.373 e. The molecule has 0 aliphatic carbocycles. The minimum atomic E-state index is -0.889. The highest BCUT2D eigenvalue weighted by Gasteiger charge is 2.32. The predicted octanol–water partition coefficient (Wildman–Crippen LogP) is 3.10. The van der Waals surface area contributed by atoms with Crippen LogP contribution in [-0.2, 0) is 27.5 Å². The number of carbonyl (C=O) groups excluding carboxylic acids is 3. The molecule has 0 unspecified atom stereocenters. The SMILES string of the molecule is Cc1ccc(Nc2c(-c3ccccc3)nc3n2CCN(C(=O)C(C)(C)N)C3)cc1.O=C=O. The van der Waals surface area contributed by atoms with Gasteiger partial charge in [0.2, 0.25) is 5.91 Å². The van der Waals surface area contributed by atoms with Crippen molar-refractivity contribution < 1.29 is 14.4 Å². The lowest BCUT2D eigenvalue weighted by Gasteiger charge is -2.33. The molecule has 8 heteroatoms. The Morgan fingerprint density at radius 2 is 1.69 bits per heavy atom. The van der Waals surface area contributed by atoms with Gasteiger partial charge in [0.15, 0.2) is 0 Å². The van der Waals surface area contributed by atoms with E-state index < -0.39 is 5.54 Å². The maximum absolute atomic E-state index is 12.7. The van der Waals surface area contributed by atoms with Crippen molar-refractivity contribution in [2.24, 2.45) is 5.73 Å². The average molecular weight is 434 g/mol. The highest BCUT2D eigenvalue weighted by molar-refractivity contribution is 5.85. The van der Waals surface area contributed by atoms with E-state index in [0.717, 1.165) is 28.6 Å². The molecule has 0 bridgehead atoms. The molecule has 0 saturated carbocycles. The van der Waals surface area contributed by atoms with Gasteiger partial charge in [-0.25, -0.2) is 4.98 Å². The van der Waals surface area contributed by atoms with Gasteiger partial charge in [-0.3, -0.25) is 4.79 Å². The number of imidazole rings is 1. The summed E-state index contributed by atoms with van der Waals surface area (Å²) in [7, 11) is 0. The van der Waals surface area contributed by atoms with Gasteiger partial charge in [-0.2, -0.15) is 9.59 Å². The summed E-state index contributed by atoms with van der Waals surface area (Å²) in [6.07, 6.45) is 0.250. The predicted molar refractivity (Wildman–Crippen MR) is 121 cm³/mol. The highest BCUT2D eigenvalue weighted by Crippen LogP contribution is 2.33. The fourth-order valence-corrected chi connectivity index (χ4v) is 3.61. The number of amides is 1. The third-order valence-electron chi connectivity index (χ3n) is 5.17. The number of fused-ring (bicyclic) bond motifs is 1. The van der Waals surface area contributed by atoms with Gasteiger partial charge in [0, 0.05) is 24.3 Å². The summed E-state index contributed by atoms with van der Waals surface area (Å²) in [5.74, 6) is 1.76. The van der Waals surface area contributed by atoms with Crippen molar-refractivity contribution in [1.82, 2.24) is 14.5 Å². The van der Waals surface area contributed by atoms with Gasteiger partial charge in [-0.1, -0.05) is 48.0 Å². The van der Waals surface area contributed by atoms with Gasteiger partial charge in [0.05, 0.1) is 12.1 Å². The topological polar surface area (TPSA) is 110 Å². The fraction of sp³-hybridized carbons (Fsp3) is 0.292. The molecular weight excluding hydrogens is 406 g/mol. The van der Waals surface area contributed by atoms with Crippen LogP contribution in [0.1, 0.15) is 25.2 Å². The molecule has 2 aromatic carbocycles. The molecule has 8 nitrogen and oxygen atoms in total. The van der Waals surface area contributed by atoms with Gasteiger partial charge < -0.3 is 20.5 Å². The van der Waals surface area contributed by atoms with E-state index in [1.165, 1.54) is 5.56 Å². The van der Waals surface area contributed by atoms with Crippen molar-refractivity contribution in [2.75, 3.05) is 11.9 Å². The molecule has 3 aromatic rings. The number of aromatic nitrogens is 2. The Bertz CT molecular complexity index is 1110. The standard InChI is InChI=1S/C23H27N5O.CO2/c1-16-9-11-18(12-10-16)25-21-20(17-7-5-4-6-8-17)26-19-15-27(13-14-28(19)21)22(29)23(2,3)24;2-1-3/h4-12,25H,13-15,24H2,1-3H3;. The Morgan fingerprint density at radius 1 is 1.06 bits per heavy atom. The molecule has 0 fully saturated rings. The van der Waals surface area contributed by atoms with Crippen molar-refractivity contribution in [1.29, 1.82) is 0 Å². The Kier molecular flexibility index (Phi) is 6.88. The summed E-state index contributed by atoms with van der Waals surface area (Å²) in [6, 6.07) is 18.4. The van der Waals surface area contributed by atoms with Gasteiger partial charge in [-0.05, 0) is 32.9 Å². The second kappa shape index (κ2) is 9.60. The van der Waals surface area contributed by atoms with Gasteiger partial charge >= 0.3 is 6.15 Å². The quantitative estimate of drug-likeness (QED) is 0.654. The van der Waals surface area contributed by atoms with Gasteiger partial charge in [0.1, 0.15) is 17.3 Å². The van der Waals surface area contributed by atoms with Crippen molar-refractivity contribution in [3.05, 3.63) is 66.0 Å². The van der Waals surface area contributed by atoms with Gasteiger partial charge in [-0.15, -0.1) is 0 Å². The molecule has 0 saturated heterocycles. The summed E-state index contributed by atoms with van der Waals surface area (Å²) in [5.41, 5.74) is 9.31. The van der Waals surface area contributed by atoms with Gasteiger partial charge in [0.25, 0.3) is 0 Å². The van der Waals surface area contributed by atoms with Crippen LogP contribution in [0.25, 0.3) is 11.3 Å². The summed E-state index contributed by atoms with van der Waals surface area (Å²) in [5, 5.41) is 3.55. The fourth-order valence-electron chi connectivity index (χ4n) is 3.61. The van der Waals surface area contributed by atoms with Crippen LogP contribution in [0.5, 0.6) is 0 Å². The van der Waals surface area contributed by atoms with E-state index in [0.29, 0.717) is 19.6 Å². The number of anilines is 2. The molecule has 32 heavy (non-hydrogen) atoms. The van der Waals surface area contributed by atoms with Crippen LogP contribution in [0.4, 0.5) is 11.5 Å². The zero-order valence-electron chi connectivity index (χ0n) is 18.5. The van der Waals surface area contributed by atoms with E-state index in [2.05, 4.69) is 53.2 Å². The minimum absolute atomic E-state index is 0.0546. The lowest BCUT2D eigenvalue weighted by Crippen LogP contribution is -2.52. The minimum Gasteiger partial charge on any atom is -0.340 e. The number of nitrogens with two attached hydrogens (primary N) is 1. The number of carbonyl (C=O) groups is 1. The molecule has 166 valence electrons. The highest BCUT2D eigenvalue weighted by atomic mass is 16.2. The second-order valence-electron chi connectivity index (χ2n) is 8.27. The average Bonchev–Trinajstić information content (AvgIpc) is 3.13. The first-order valence-corrected chi connectivity index (χ1v) is 10.3. The first-order valence-electron chi connectivity index (χ1n) is 10.3. The lowest BCUT2D eigenvalue weighted by molar-refractivity contribution is -0.191. The van der Waals surface area contributed by atoms with E-state index in [1.807, 2.05) is 18.2 Å². The summed E-state index contributed by atoms with van der Waals surface area (Å²) in [4.78, 5) is 35.6. The molecule has 3 N–H and O–H groups in total. The first-order chi connectivity index (χ1) is 15.2. The van der Waals surface area contributed by atoms with E-state index in [4.69, 9.17) is 20.3 Å². The zero-order chi connectivity index (χ0) is 23.3. The first kappa shape index (κ1) is 22.9. The van der Waals surface area contributed by atoms with Crippen molar-refractivity contribution >= 4 is 23.6 Å². The smallest absolute Gasteiger partial charge is 0.340 e. The van der Waals surface area contributed by atoms with Crippen LogP contribution < -0.4 is 11.1 Å². The van der Waals surface area contributed by atoms with Crippen LogP contribution in [-0.4, -0.2) is 38.6 Å². The zero-order valence-corrected chi connectivity index (χ0v) is 18.5. The monoisotopic (exact) mass is 433 g/mol. The van der Waals surface area contributed by atoms with Crippen molar-refractivity contribution in [2.45, 2.75) is 39.4 Å². The molecular formula is C24H27N5O3. The van der Waals surface area contributed by atoms with Crippen LogP contribution in [0.3, 0.4) is 0 Å². The van der Waals surface area contributed by atoms with Crippen molar-refractivity contribution in [3.63, 3.8) is 0 Å². The van der Waals surface area contributed by atoms with E-state index in [-0.39, 0.29) is 12.1 Å². The van der Waals surface area contributed by atoms with E-state index in [1.54, 1.807) is 18.7 Å². The van der Waals surface area contributed by atoms with Crippen LogP contribution in [0.2, 0.25) is 0 Å². The number of hydrogen-bond acceptors (Lipinski definition) is 6. The molecule has 4 rings (SSSR count). The third kappa shape index (κ3) is 5.11. The maximum atomic E-state index is 12.7.